The van der Waals surface area contributed by atoms with Crippen molar-refractivity contribution in [2.24, 2.45) is 5.92 Å². The van der Waals surface area contributed by atoms with Gasteiger partial charge in [-0.1, -0.05) is 0 Å². The van der Waals surface area contributed by atoms with Crippen molar-refractivity contribution in [2.75, 3.05) is 39.9 Å². The summed E-state index contributed by atoms with van der Waals surface area (Å²) in [7, 11) is 1.57. The molecule has 0 spiro atoms. The van der Waals surface area contributed by atoms with Gasteiger partial charge < -0.3 is 19.9 Å². The number of methoxy groups -OCH3 is 1. The lowest BCUT2D eigenvalue weighted by Crippen LogP contribution is -2.49. The van der Waals surface area contributed by atoms with E-state index in [0.717, 1.165) is 68.2 Å². The van der Waals surface area contributed by atoms with Crippen molar-refractivity contribution in [2.45, 2.75) is 26.1 Å². The van der Waals surface area contributed by atoms with Crippen LogP contribution in [-0.4, -0.2) is 74.3 Å². The highest BCUT2D eigenvalue weighted by molar-refractivity contribution is 5.75. The first-order valence-corrected chi connectivity index (χ1v) is 12.5. The molecule has 2 N–H and O–H groups in total. The Morgan fingerprint density at radius 3 is 2.78 bits per heavy atom. The van der Waals surface area contributed by atoms with E-state index in [2.05, 4.69) is 31.9 Å². The summed E-state index contributed by atoms with van der Waals surface area (Å²) in [6, 6.07) is 4.69. The van der Waals surface area contributed by atoms with Gasteiger partial charge in [0, 0.05) is 44.5 Å². The molecule has 1 atom stereocenters. The number of aliphatic hydroxyl groups excluding tert-OH is 1. The van der Waals surface area contributed by atoms with Crippen LogP contribution in [0.2, 0.25) is 0 Å². The minimum absolute atomic E-state index is 0.338. The first-order chi connectivity index (χ1) is 18.0. The van der Waals surface area contributed by atoms with Crippen LogP contribution in [0.4, 0.5) is 4.39 Å². The van der Waals surface area contributed by atoms with E-state index in [1.54, 1.807) is 17.8 Å². The van der Waals surface area contributed by atoms with Crippen molar-refractivity contribution >= 4 is 5.52 Å². The first kappa shape index (κ1) is 23.8. The largest absolute Gasteiger partial charge is 0.493 e. The van der Waals surface area contributed by atoms with Crippen molar-refractivity contribution in [3.05, 3.63) is 59.6 Å². The number of hydrogen-bond acceptors (Lipinski definition) is 8. The highest BCUT2D eigenvalue weighted by atomic mass is 19.1. The molecule has 0 bridgehead atoms. The molecule has 0 amide bonds. The molecule has 2 aliphatic heterocycles. The monoisotopic (exact) mass is 507 g/mol. The lowest BCUT2D eigenvalue weighted by molar-refractivity contribution is 0.114. The van der Waals surface area contributed by atoms with E-state index in [9.17, 15) is 9.50 Å². The van der Waals surface area contributed by atoms with Gasteiger partial charge in [-0.3, -0.25) is 14.6 Å². The lowest BCUT2D eigenvalue weighted by Gasteiger charge is -2.35. The summed E-state index contributed by atoms with van der Waals surface area (Å²) in [5.74, 6) is 1.26. The Labute approximate surface area is 213 Å². The first-order valence-electron chi connectivity index (χ1n) is 12.5. The SMILES string of the molecule is COc1cnn2cc(-c3nn4c(c3C)CN(CC3CNC3)CC4)cc(OC(CO)c3ccc(F)cn3)c12. The third kappa shape index (κ3) is 4.43. The van der Waals surface area contributed by atoms with Crippen LogP contribution in [0.1, 0.15) is 23.1 Å². The Bertz CT molecular complexity index is 1410. The van der Waals surface area contributed by atoms with Crippen LogP contribution in [0.5, 0.6) is 11.5 Å². The molecule has 11 heteroatoms. The Hall–Kier alpha value is -3.54. The van der Waals surface area contributed by atoms with Crippen molar-refractivity contribution in [1.82, 2.24) is 34.6 Å². The fraction of sp³-hybridized carbons (Fsp3) is 0.423. The molecule has 0 aromatic carbocycles. The van der Waals surface area contributed by atoms with Gasteiger partial charge in [0.2, 0.25) is 0 Å². The number of ether oxygens (including phenoxy) is 2. The third-order valence-electron chi connectivity index (χ3n) is 7.26. The quantitative estimate of drug-likeness (QED) is 0.374. The van der Waals surface area contributed by atoms with Crippen molar-refractivity contribution in [1.29, 1.82) is 0 Å². The van der Waals surface area contributed by atoms with Gasteiger partial charge in [0.25, 0.3) is 0 Å². The summed E-state index contributed by atoms with van der Waals surface area (Å²) in [4.78, 5) is 6.61. The maximum atomic E-state index is 13.4. The number of halogens is 1. The predicted octanol–water partition coefficient (Wildman–Crippen LogP) is 2.20. The van der Waals surface area contributed by atoms with Gasteiger partial charge in [-0.2, -0.15) is 10.2 Å². The maximum Gasteiger partial charge on any atom is 0.168 e. The molecule has 1 fully saturated rings. The van der Waals surface area contributed by atoms with Gasteiger partial charge in [-0.15, -0.1) is 0 Å². The summed E-state index contributed by atoms with van der Waals surface area (Å²) >= 11 is 0. The Morgan fingerprint density at radius 2 is 2.08 bits per heavy atom. The number of pyridine rings is 2. The minimum atomic E-state index is -0.801. The van der Waals surface area contributed by atoms with Crippen LogP contribution in [0.25, 0.3) is 16.8 Å². The normalized spacial score (nSPS) is 17.0. The van der Waals surface area contributed by atoms with E-state index in [1.807, 2.05) is 12.3 Å². The van der Waals surface area contributed by atoms with Crippen molar-refractivity contribution < 1.29 is 19.0 Å². The van der Waals surface area contributed by atoms with E-state index < -0.39 is 11.9 Å². The van der Waals surface area contributed by atoms with E-state index in [-0.39, 0.29) is 6.61 Å². The third-order valence-corrected chi connectivity index (χ3v) is 7.26. The molecule has 4 aromatic heterocycles. The summed E-state index contributed by atoms with van der Waals surface area (Å²) < 4.78 is 29.0. The second kappa shape index (κ2) is 9.73. The van der Waals surface area contributed by atoms with Crippen LogP contribution in [0, 0.1) is 18.7 Å². The van der Waals surface area contributed by atoms with Crippen molar-refractivity contribution in [3.63, 3.8) is 0 Å². The molecule has 6 heterocycles. The second-order valence-corrected chi connectivity index (χ2v) is 9.69. The number of nitrogens with one attached hydrogen (secondary N) is 1. The fourth-order valence-corrected chi connectivity index (χ4v) is 5.12. The summed E-state index contributed by atoms with van der Waals surface area (Å²) in [5.41, 5.74) is 5.09. The molecule has 0 aliphatic carbocycles. The zero-order valence-corrected chi connectivity index (χ0v) is 20.9. The molecule has 37 heavy (non-hydrogen) atoms. The number of nitrogens with zero attached hydrogens (tertiary/aromatic N) is 6. The van der Waals surface area contributed by atoms with Gasteiger partial charge in [0.15, 0.2) is 23.1 Å². The molecule has 0 saturated carbocycles. The molecule has 0 radical (unpaired) electrons. The number of aromatic nitrogens is 5. The van der Waals surface area contributed by atoms with Crippen molar-refractivity contribution in [3.8, 4) is 22.8 Å². The van der Waals surface area contributed by atoms with Crippen LogP contribution in [-0.2, 0) is 13.1 Å². The maximum absolute atomic E-state index is 13.4. The van der Waals surface area contributed by atoms with Gasteiger partial charge >= 0.3 is 0 Å². The molecule has 1 saturated heterocycles. The zero-order valence-electron chi connectivity index (χ0n) is 20.9. The minimum Gasteiger partial charge on any atom is -0.493 e. The number of aliphatic hydroxyl groups is 1. The van der Waals surface area contributed by atoms with Gasteiger partial charge in [-0.25, -0.2) is 8.91 Å². The van der Waals surface area contributed by atoms with Crippen LogP contribution in [0.15, 0.2) is 36.8 Å². The Morgan fingerprint density at radius 1 is 1.22 bits per heavy atom. The molecular formula is C26H30FN7O3. The average Bonchev–Trinajstić information content (AvgIpc) is 3.46. The molecule has 10 nitrogen and oxygen atoms in total. The molecular weight excluding hydrogens is 477 g/mol. The van der Waals surface area contributed by atoms with Gasteiger partial charge in [0.1, 0.15) is 5.82 Å². The Kier molecular flexibility index (Phi) is 6.27. The molecule has 194 valence electrons. The fourth-order valence-electron chi connectivity index (χ4n) is 5.12. The number of rotatable bonds is 8. The summed E-state index contributed by atoms with van der Waals surface area (Å²) in [6.07, 6.45) is 3.84. The van der Waals surface area contributed by atoms with E-state index in [4.69, 9.17) is 14.6 Å². The van der Waals surface area contributed by atoms with Crippen LogP contribution in [0.3, 0.4) is 0 Å². The summed E-state index contributed by atoms with van der Waals surface area (Å²) in [6.45, 7) is 7.77. The molecule has 4 aromatic rings. The molecule has 6 rings (SSSR count). The summed E-state index contributed by atoms with van der Waals surface area (Å²) in [5, 5.41) is 22.8. The highest BCUT2D eigenvalue weighted by Gasteiger charge is 2.27. The molecule has 2 aliphatic rings. The second-order valence-electron chi connectivity index (χ2n) is 9.69. The standard InChI is InChI=1S/C26H30FN7O3/c1-16-21-14-32(12-17-8-28-9-17)5-6-33(21)31-25(16)18-7-22(26-23(36-2)11-30-34(26)13-18)37-24(15-35)20-4-3-19(27)10-29-20/h3-4,7,10-11,13,17,24,28,35H,5-6,8-9,12,14-15H2,1-2H3. The van der Waals surface area contributed by atoms with E-state index in [1.165, 1.54) is 17.8 Å². The smallest absolute Gasteiger partial charge is 0.168 e. The molecule has 1 unspecified atom stereocenters. The van der Waals surface area contributed by atoms with E-state index in [0.29, 0.717) is 22.7 Å². The van der Waals surface area contributed by atoms with Crippen LogP contribution >= 0.6 is 0 Å². The van der Waals surface area contributed by atoms with Gasteiger partial charge in [0.05, 0.1) is 49.7 Å². The van der Waals surface area contributed by atoms with Gasteiger partial charge in [-0.05, 0) is 36.6 Å². The highest BCUT2D eigenvalue weighted by Crippen LogP contribution is 2.37. The van der Waals surface area contributed by atoms with Crippen LogP contribution < -0.4 is 14.8 Å². The van der Waals surface area contributed by atoms with E-state index >= 15 is 0 Å². The number of hydrogen-bond donors (Lipinski definition) is 2. The Balaban J connectivity index is 1.36. The topological polar surface area (TPSA) is 102 Å². The zero-order chi connectivity index (χ0) is 25.5. The number of fused-ring (bicyclic) bond motifs is 2. The predicted molar refractivity (Wildman–Crippen MR) is 134 cm³/mol. The average molecular weight is 508 g/mol. The lowest BCUT2D eigenvalue weighted by atomic mass is 10.0.